The molecule has 0 saturated heterocycles. The molecule has 0 unspecified atom stereocenters. The van der Waals surface area contributed by atoms with Crippen molar-refractivity contribution in [3.63, 3.8) is 0 Å². The highest BCUT2D eigenvalue weighted by molar-refractivity contribution is 6.31. The van der Waals surface area contributed by atoms with E-state index in [4.69, 9.17) is 22.1 Å². The molecule has 1 aromatic carbocycles. The summed E-state index contributed by atoms with van der Waals surface area (Å²) in [6.07, 6.45) is 1.97. The van der Waals surface area contributed by atoms with E-state index in [0.29, 0.717) is 24.1 Å². The van der Waals surface area contributed by atoms with Gasteiger partial charge in [-0.25, -0.2) is 4.98 Å². The van der Waals surface area contributed by atoms with Gasteiger partial charge in [0.2, 0.25) is 5.88 Å². The molecule has 2 heterocycles. The molecular weight excluding hydrogens is 250 g/mol. The molecule has 0 fully saturated rings. The molecule has 0 aliphatic carbocycles. The lowest BCUT2D eigenvalue weighted by molar-refractivity contribution is 0.319. The third-order valence-electron chi connectivity index (χ3n) is 2.74. The maximum absolute atomic E-state index is 5.99. The van der Waals surface area contributed by atoms with Gasteiger partial charge in [0.05, 0.1) is 11.0 Å². The molecule has 5 heteroatoms. The molecule has 0 saturated carbocycles. The Morgan fingerprint density at radius 1 is 1.28 bits per heavy atom. The molecule has 4 nitrogen and oxygen atoms in total. The molecule has 0 spiro atoms. The Morgan fingerprint density at radius 3 is 3.00 bits per heavy atom. The minimum atomic E-state index is 0.444. The van der Waals surface area contributed by atoms with Crippen molar-refractivity contribution in [2.75, 3.05) is 13.2 Å². The van der Waals surface area contributed by atoms with Crippen LogP contribution in [0.25, 0.3) is 16.6 Å². The van der Waals surface area contributed by atoms with Gasteiger partial charge in [-0.05, 0) is 30.3 Å². The van der Waals surface area contributed by atoms with Gasteiger partial charge in [-0.1, -0.05) is 11.6 Å². The number of nitrogens with zero attached hydrogens (tertiary/aromatic N) is 2. The fourth-order valence-corrected chi connectivity index (χ4v) is 2.15. The Morgan fingerprint density at radius 2 is 2.17 bits per heavy atom. The van der Waals surface area contributed by atoms with E-state index >= 15 is 0 Å². The average Bonchev–Trinajstić information content (AvgIpc) is 2.84. The summed E-state index contributed by atoms with van der Waals surface area (Å²) in [6, 6.07) is 9.55. The monoisotopic (exact) mass is 261 g/mol. The molecule has 3 aromatic rings. The first-order valence-corrected chi connectivity index (χ1v) is 6.06. The van der Waals surface area contributed by atoms with Gasteiger partial charge in [-0.2, -0.15) is 0 Å². The van der Waals surface area contributed by atoms with Crippen LogP contribution >= 0.6 is 11.6 Å². The van der Waals surface area contributed by atoms with Crippen molar-refractivity contribution < 1.29 is 4.74 Å². The zero-order valence-corrected chi connectivity index (χ0v) is 10.4. The van der Waals surface area contributed by atoms with Gasteiger partial charge in [-0.15, -0.1) is 0 Å². The lowest BCUT2D eigenvalue weighted by Gasteiger charge is -2.09. The summed E-state index contributed by atoms with van der Waals surface area (Å²) >= 11 is 5.99. The number of halogens is 1. The van der Waals surface area contributed by atoms with Gasteiger partial charge >= 0.3 is 0 Å². The molecule has 2 aromatic heterocycles. The van der Waals surface area contributed by atoms with Gasteiger partial charge < -0.3 is 14.9 Å². The molecule has 3 rings (SSSR count). The maximum Gasteiger partial charge on any atom is 0.238 e. The van der Waals surface area contributed by atoms with E-state index in [1.165, 1.54) is 0 Å². The number of hydrogen-bond acceptors (Lipinski definition) is 3. The number of nitrogens with two attached hydrogens (primary N) is 1. The smallest absolute Gasteiger partial charge is 0.238 e. The van der Waals surface area contributed by atoms with Gasteiger partial charge in [-0.3, -0.25) is 0 Å². The fourth-order valence-electron chi connectivity index (χ4n) is 1.98. The first-order valence-electron chi connectivity index (χ1n) is 5.69. The summed E-state index contributed by atoms with van der Waals surface area (Å²) in [6.45, 7) is 0.905. The molecule has 18 heavy (non-hydrogen) atoms. The first kappa shape index (κ1) is 11.3. The Labute approximate surface area is 109 Å². The van der Waals surface area contributed by atoms with Crippen LogP contribution in [-0.2, 0) is 0 Å². The number of benzene rings is 1. The van der Waals surface area contributed by atoms with E-state index in [-0.39, 0.29) is 0 Å². The summed E-state index contributed by atoms with van der Waals surface area (Å²) in [5.41, 5.74) is 8.18. The number of hydrogen-bond donors (Lipinski definition) is 1. The van der Waals surface area contributed by atoms with Crippen LogP contribution < -0.4 is 10.5 Å². The van der Waals surface area contributed by atoms with Crippen molar-refractivity contribution in [2.24, 2.45) is 5.73 Å². The Kier molecular flexibility index (Phi) is 2.81. The van der Waals surface area contributed by atoms with Gasteiger partial charge in [0.15, 0.2) is 0 Å². The highest BCUT2D eigenvalue weighted by atomic mass is 35.5. The van der Waals surface area contributed by atoms with Crippen LogP contribution in [0.4, 0.5) is 0 Å². The quantitative estimate of drug-likeness (QED) is 0.788. The standard InChI is InChI=1S/C13H12ClN3O/c14-9-3-4-11-10(8-9)16-13(18-7-5-15)12-2-1-6-17(11)12/h1-4,6,8H,5,7,15H2. The van der Waals surface area contributed by atoms with Crippen molar-refractivity contribution in [2.45, 2.75) is 0 Å². The van der Waals surface area contributed by atoms with Crippen LogP contribution in [0.2, 0.25) is 5.02 Å². The molecule has 0 radical (unpaired) electrons. The lowest BCUT2D eigenvalue weighted by Crippen LogP contribution is -2.12. The Balaban J connectivity index is 2.29. The fraction of sp³-hybridized carbons (Fsp3) is 0.154. The van der Waals surface area contributed by atoms with Crippen molar-refractivity contribution in [3.8, 4) is 5.88 Å². The van der Waals surface area contributed by atoms with Crippen LogP contribution in [0.15, 0.2) is 36.5 Å². The molecule has 0 bridgehead atoms. The molecule has 0 aliphatic heterocycles. The highest BCUT2D eigenvalue weighted by Gasteiger charge is 2.09. The third-order valence-corrected chi connectivity index (χ3v) is 2.98. The normalized spacial score (nSPS) is 11.2. The predicted molar refractivity (Wildman–Crippen MR) is 72.3 cm³/mol. The molecule has 0 atom stereocenters. The largest absolute Gasteiger partial charge is 0.475 e. The van der Waals surface area contributed by atoms with Crippen molar-refractivity contribution >= 4 is 28.2 Å². The minimum absolute atomic E-state index is 0.444. The number of ether oxygens (including phenoxy) is 1. The Bertz CT molecular complexity index is 708. The van der Waals surface area contributed by atoms with Crippen LogP contribution in [0.1, 0.15) is 0 Å². The van der Waals surface area contributed by atoms with Crippen molar-refractivity contribution in [1.29, 1.82) is 0 Å². The molecule has 0 aliphatic rings. The molecular formula is C13H12ClN3O. The van der Waals surface area contributed by atoms with E-state index < -0.39 is 0 Å². The minimum Gasteiger partial charge on any atom is -0.475 e. The van der Waals surface area contributed by atoms with Gasteiger partial charge in [0.25, 0.3) is 0 Å². The topological polar surface area (TPSA) is 52.5 Å². The summed E-state index contributed by atoms with van der Waals surface area (Å²) in [4.78, 5) is 4.49. The zero-order chi connectivity index (χ0) is 12.5. The highest BCUT2D eigenvalue weighted by Crippen LogP contribution is 2.25. The number of fused-ring (bicyclic) bond motifs is 3. The second-order valence-electron chi connectivity index (χ2n) is 3.95. The van der Waals surface area contributed by atoms with E-state index in [9.17, 15) is 0 Å². The summed E-state index contributed by atoms with van der Waals surface area (Å²) in [5, 5.41) is 0.659. The molecule has 92 valence electrons. The van der Waals surface area contributed by atoms with E-state index in [0.717, 1.165) is 16.6 Å². The van der Waals surface area contributed by atoms with Crippen LogP contribution in [0.3, 0.4) is 0 Å². The van der Waals surface area contributed by atoms with Crippen LogP contribution in [-0.4, -0.2) is 22.5 Å². The third kappa shape index (κ3) is 1.79. The predicted octanol–water partition coefficient (Wildman–Crippen LogP) is 2.48. The first-order chi connectivity index (χ1) is 8.79. The summed E-state index contributed by atoms with van der Waals surface area (Å²) in [7, 11) is 0. The summed E-state index contributed by atoms with van der Waals surface area (Å²) in [5.74, 6) is 0.584. The second kappa shape index (κ2) is 4.48. The molecule has 0 amide bonds. The van der Waals surface area contributed by atoms with Gasteiger partial charge in [0.1, 0.15) is 12.1 Å². The molecule has 2 N–H and O–H groups in total. The average molecular weight is 262 g/mol. The van der Waals surface area contributed by atoms with Gasteiger partial charge in [0, 0.05) is 17.8 Å². The van der Waals surface area contributed by atoms with Crippen LogP contribution in [0.5, 0.6) is 5.88 Å². The lowest BCUT2D eigenvalue weighted by atomic mass is 10.3. The summed E-state index contributed by atoms with van der Waals surface area (Å²) < 4.78 is 7.61. The van der Waals surface area contributed by atoms with E-state index in [1.807, 2.05) is 40.9 Å². The zero-order valence-electron chi connectivity index (χ0n) is 9.64. The second-order valence-corrected chi connectivity index (χ2v) is 4.39. The number of rotatable bonds is 3. The van der Waals surface area contributed by atoms with Crippen molar-refractivity contribution in [3.05, 3.63) is 41.6 Å². The SMILES string of the molecule is NCCOc1nc2cc(Cl)ccc2n2cccc12. The maximum atomic E-state index is 5.99. The van der Waals surface area contributed by atoms with E-state index in [2.05, 4.69) is 4.98 Å². The Hall–Kier alpha value is -1.78. The number of aromatic nitrogens is 2. The van der Waals surface area contributed by atoms with E-state index in [1.54, 1.807) is 0 Å². The van der Waals surface area contributed by atoms with Crippen LogP contribution in [0, 0.1) is 0 Å². The van der Waals surface area contributed by atoms with Crippen molar-refractivity contribution in [1.82, 2.24) is 9.38 Å².